The highest BCUT2D eigenvalue weighted by Gasteiger charge is 2.11. The molecule has 0 radical (unpaired) electrons. The van der Waals surface area contributed by atoms with Gasteiger partial charge in [0.2, 0.25) is 0 Å². The number of thiophene rings is 1. The summed E-state index contributed by atoms with van der Waals surface area (Å²) >= 11 is 7.17. The molecule has 0 spiro atoms. The second kappa shape index (κ2) is 6.58. The van der Waals surface area contributed by atoms with Gasteiger partial charge < -0.3 is 10.4 Å². The summed E-state index contributed by atoms with van der Waals surface area (Å²) in [6, 6.07) is 8.76. The molecule has 0 aliphatic rings. The Bertz CT molecular complexity index is 697. The van der Waals surface area contributed by atoms with Gasteiger partial charge in [0.25, 0.3) is 5.91 Å². The summed E-state index contributed by atoms with van der Waals surface area (Å²) in [5.41, 5.74) is 1.57. The molecule has 0 unspecified atom stereocenters. The Morgan fingerprint density at radius 1 is 1.45 bits per heavy atom. The molecule has 0 fully saturated rings. The first-order valence-corrected chi connectivity index (χ1v) is 7.06. The molecule has 2 aromatic rings. The fourth-order valence-electron chi connectivity index (χ4n) is 1.60. The van der Waals surface area contributed by atoms with Gasteiger partial charge in [0, 0.05) is 10.7 Å². The molecule has 2 rings (SSSR count). The Kier molecular flexibility index (Phi) is 4.80. The molecule has 1 heterocycles. The van der Waals surface area contributed by atoms with Crippen LogP contribution in [0, 0.1) is 18.8 Å². The Morgan fingerprint density at radius 2 is 2.25 bits per heavy atom. The molecule has 0 atom stereocenters. The third-order valence-corrected chi connectivity index (χ3v) is 3.89. The molecule has 20 heavy (non-hydrogen) atoms. The van der Waals surface area contributed by atoms with E-state index in [-0.39, 0.29) is 12.5 Å². The molecule has 5 heteroatoms. The van der Waals surface area contributed by atoms with Crippen LogP contribution in [0.2, 0.25) is 5.02 Å². The maximum absolute atomic E-state index is 12.1. The van der Waals surface area contributed by atoms with Crippen LogP contribution in [-0.2, 0) is 0 Å². The minimum Gasteiger partial charge on any atom is -0.384 e. The number of hydrogen-bond donors (Lipinski definition) is 2. The normalized spacial score (nSPS) is 9.75. The molecule has 3 nitrogen and oxygen atoms in total. The number of amides is 1. The van der Waals surface area contributed by atoms with Gasteiger partial charge in [-0.3, -0.25) is 4.79 Å². The number of carbonyl (C=O) groups excluding carboxylic acids is 1. The van der Waals surface area contributed by atoms with Crippen molar-refractivity contribution in [3.05, 3.63) is 50.7 Å². The minimum absolute atomic E-state index is 0.193. The molecule has 0 saturated heterocycles. The predicted molar refractivity (Wildman–Crippen MR) is 82.4 cm³/mol. The van der Waals surface area contributed by atoms with Crippen molar-refractivity contribution in [2.75, 3.05) is 11.9 Å². The third kappa shape index (κ3) is 3.61. The number of aliphatic hydroxyl groups is 1. The Morgan fingerprint density at radius 3 is 2.95 bits per heavy atom. The highest BCUT2D eigenvalue weighted by molar-refractivity contribution is 7.14. The lowest BCUT2D eigenvalue weighted by Gasteiger charge is -2.03. The molecule has 102 valence electrons. The number of benzene rings is 1. The molecule has 2 N–H and O–H groups in total. The third-order valence-electron chi connectivity index (χ3n) is 2.51. The van der Waals surface area contributed by atoms with E-state index >= 15 is 0 Å². The van der Waals surface area contributed by atoms with Crippen LogP contribution in [0.5, 0.6) is 0 Å². The van der Waals surface area contributed by atoms with Crippen molar-refractivity contribution in [2.24, 2.45) is 0 Å². The number of carbonyl (C=O) groups is 1. The fraction of sp³-hybridized carbons (Fsp3) is 0.133. The Balaban J connectivity index is 2.17. The highest BCUT2D eigenvalue weighted by Crippen LogP contribution is 2.23. The SMILES string of the molecule is Cc1cc(C(=O)Nc2cccc(Cl)c2)sc1C#CCO. The lowest BCUT2D eigenvalue weighted by atomic mass is 10.2. The van der Waals surface area contributed by atoms with Gasteiger partial charge in [-0.1, -0.05) is 29.5 Å². The average Bonchev–Trinajstić information content (AvgIpc) is 2.78. The summed E-state index contributed by atoms with van der Waals surface area (Å²) in [6.45, 7) is 1.69. The zero-order valence-electron chi connectivity index (χ0n) is 10.7. The monoisotopic (exact) mass is 305 g/mol. The molecule has 0 aliphatic heterocycles. The molecule has 1 amide bonds. The van der Waals surface area contributed by atoms with Crippen LogP contribution in [0.15, 0.2) is 30.3 Å². The van der Waals surface area contributed by atoms with Crippen molar-refractivity contribution in [3.63, 3.8) is 0 Å². The van der Waals surface area contributed by atoms with Gasteiger partial charge in [0.1, 0.15) is 6.61 Å². The first-order valence-electron chi connectivity index (χ1n) is 5.87. The summed E-state index contributed by atoms with van der Waals surface area (Å²) in [7, 11) is 0. The van der Waals surface area contributed by atoms with Crippen LogP contribution in [-0.4, -0.2) is 17.6 Å². The molecular weight excluding hydrogens is 294 g/mol. The van der Waals surface area contributed by atoms with Crippen LogP contribution in [0.4, 0.5) is 5.69 Å². The van der Waals surface area contributed by atoms with E-state index in [1.54, 1.807) is 30.3 Å². The van der Waals surface area contributed by atoms with Crippen molar-refractivity contribution in [2.45, 2.75) is 6.92 Å². The second-order valence-electron chi connectivity index (χ2n) is 4.05. The number of hydrogen-bond acceptors (Lipinski definition) is 3. The lowest BCUT2D eigenvalue weighted by Crippen LogP contribution is -2.09. The smallest absolute Gasteiger partial charge is 0.265 e. The van der Waals surface area contributed by atoms with Gasteiger partial charge >= 0.3 is 0 Å². The van der Waals surface area contributed by atoms with Gasteiger partial charge in [-0.05, 0) is 36.8 Å². The Labute approximate surface area is 126 Å². The number of aryl methyl sites for hydroxylation is 1. The maximum atomic E-state index is 12.1. The predicted octanol–water partition coefficient (Wildman–Crippen LogP) is 3.31. The standard InChI is InChI=1S/C15H12ClNO2S/c1-10-8-14(20-13(10)6-3-7-18)15(19)17-12-5-2-4-11(16)9-12/h2,4-5,8-9,18H,7H2,1H3,(H,17,19). The summed E-state index contributed by atoms with van der Waals surface area (Å²) in [6.07, 6.45) is 0. The molecule has 0 saturated carbocycles. The molecule has 0 bridgehead atoms. The summed E-state index contributed by atoms with van der Waals surface area (Å²) in [4.78, 5) is 13.5. The van der Waals surface area contributed by atoms with Crippen molar-refractivity contribution in [3.8, 4) is 11.8 Å². The van der Waals surface area contributed by atoms with Gasteiger partial charge in [0.05, 0.1) is 9.75 Å². The van der Waals surface area contributed by atoms with E-state index in [2.05, 4.69) is 17.2 Å². The van der Waals surface area contributed by atoms with Crippen LogP contribution in [0.3, 0.4) is 0 Å². The zero-order valence-corrected chi connectivity index (χ0v) is 12.3. The largest absolute Gasteiger partial charge is 0.384 e. The van der Waals surface area contributed by atoms with Crippen LogP contribution < -0.4 is 5.32 Å². The first-order chi connectivity index (χ1) is 9.60. The highest BCUT2D eigenvalue weighted by atomic mass is 35.5. The quantitative estimate of drug-likeness (QED) is 0.836. The van der Waals surface area contributed by atoms with E-state index in [1.165, 1.54) is 11.3 Å². The fourth-order valence-corrected chi connectivity index (χ4v) is 2.73. The topological polar surface area (TPSA) is 49.3 Å². The number of nitrogens with one attached hydrogen (secondary N) is 1. The second-order valence-corrected chi connectivity index (χ2v) is 5.54. The van der Waals surface area contributed by atoms with E-state index in [0.717, 1.165) is 10.4 Å². The van der Waals surface area contributed by atoms with Crippen molar-refractivity contribution in [1.29, 1.82) is 0 Å². The number of aliphatic hydroxyl groups excluding tert-OH is 1. The number of halogens is 1. The maximum Gasteiger partial charge on any atom is 0.265 e. The molecule has 1 aromatic carbocycles. The van der Waals surface area contributed by atoms with E-state index < -0.39 is 0 Å². The van der Waals surface area contributed by atoms with E-state index in [1.807, 2.05) is 6.92 Å². The van der Waals surface area contributed by atoms with Crippen LogP contribution in [0.25, 0.3) is 0 Å². The van der Waals surface area contributed by atoms with E-state index in [4.69, 9.17) is 16.7 Å². The minimum atomic E-state index is -0.197. The van der Waals surface area contributed by atoms with Crippen LogP contribution >= 0.6 is 22.9 Å². The summed E-state index contributed by atoms with van der Waals surface area (Å²) < 4.78 is 0. The van der Waals surface area contributed by atoms with Gasteiger partial charge in [-0.25, -0.2) is 0 Å². The molecule has 1 aromatic heterocycles. The first kappa shape index (κ1) is 14.6. The summed E-state index contributed by atoms with van der Waals surface area (Å²) in [5, 5.41) is 12.0. The van der Waals surface area contributed by atoms with Gasteiger partial charge in [-0.15, -0.1) is 11.3 Å². The average molecular weight is 306 g/mol. The molecule has 0 aliphatic carbocycles. The molecular formula is C15H12ClNO2S. The zero-order chi connectivity index (χ0) is 14.5. The van der Waals surface area contributed by atoms with Crippen LogP contribution in [0.1, 0.15) is 20.1 Å². The van der Waals surface area contributed by atoms with E-state index in [0.29, 0.717) is 15.6 Å². The van der Waals surface area contributed by atoms with Gasteiger partial charge in [0.15, 0.2) is 0 Å². The van der Waals surface area contributed by atoms with Crippen molar-refractivity contribution >= 4 is 34.5 Å². The van der Waals surface area contributed by atoms with E-state index in [9.17, 15) is 4.79 Å². The summed E-state index contributed by atoms with van der Waals surface area (Å²) in [5.74, 6) is 5.21. The number of anilines is 1. The lowest BCUT2D eigenvalue weighted by molar-refractivity contribution is 0.103. The van der Waals surface area contributed by atoms with Crippen molar-refractivity contribution < 1.29 is 9.90 Å². The Hall–Kier alpha value is -1.80. The van der Waals surface area contributed by atoms with Gasteiger partial charge in [-0.2, -0.15) is 0 Å². The number of rotatable bonds is 2. The van der Waals surface area contributed by atoms with Crippen molar-refractivity contribution in [1.82, 2.24) is 0 Å².